The molecular formula is C20H18N4O. The van der Waals surface area contributed by atoms with Crippen molar-refractivity contribution in [3.05, 3.63) is 79.1 Å². The molecule has 2 N–H and O–H groups in total. The van der Waals surface area contributed by atoms with Crippen LogP contribution in [0.25, 0.3) is 22.5 Å². The van der Waals surface area contributed by atoms with Gasteiger partial charge in [0.25, 0.3) is 0 Å². The molecule has 4 aromatic rings. The minimum atomic E-state index is 0.258. The van der Waals surface area contributed by atoms with Gasteiger partial charge in [0.1, 0.15) is 5.75 Å². The zero-order chi connectivity index (χ0) is 17.1. The molecular weight excluding hydrogens is 312 g/mol. The van der Waals surface area contributed by atoms with E-state index in [1.807, 2.05) is 42.9 Å². The van der Waals surface area contributed by atoms with Gasteiger partial charge in [-0.05, 0) is 24.3 Å². The Labute approximate surface area is 145 Å². The quantitative estimate of drug-likeness (QED) is 0.583. The van der Waals surface area contributed by atoms with Gasteiger partial charge in [-0.1, -0.05) is 30.3 Å². The highest BCUT2D eigenvalue weighted by molar-refractivity contribution is 5.78. The molecule has 124 valence electrons. The first kappa shape index (κ1) is 15.2. The number of phenolic OH excluding ortho intramolecular Hbond substituents is 1. The van der Waals surface area contributed by atoms with Gasteiger partial charge in [-0.2, -0.15) is 0 Å². The third kappa shape index (κ3) is 3.17. The number of hydrogen-bond acceptors (Lipinski definition) is 3. The summed E-state index contributed by atoms with van der Waals surface area (Å²) in [6.45, 7) is 0.790. The van der Waals surface area contributed by atoms with Crippen molar-refractivity contribution in [3.8, 4) is 28.3 Å². The highest BCUT2D eigenvalue weighted by Crippen LogP contribution is 2.32. The Morgan fingerprint density at radius 1 is 0.960 bits per heavy atom. The third-order valence-corrected chi connectivity index (χ3v) is 4.20. The molecule has 2 aromatic carbocycles. The van der Waals surface area contributed by atoms with Crippen LogP contribution in [0.15, 0.2) is 73.4 Å². The number of aryl methyl sites for hydroxylation is 2. The first-order chi connectivity index (χ1) is 12.3. The molecule has 2 aromatic heterocycles. The summed E-state index contributed by atoms with van der Waals surface area (Å²) in [5.41, 5.74) is 5.18. The Hall–Kier alpha value is -3.34. The largest absolute Gasteiger partial charge is 0.508 e. The van der Waals surface area contributed by atoms with Gasteiger partial charge in [-0.3, -0.25) is 0 Å². The lowest BCUT2D eigenvalue weighted by molar-refractivity contribution is 0.475. The maximum Gasteiger partial charge on any atom is 0.115 e. The van der Waals surface area contributed by atoms with Crippen LogP contribution in [0.3, 0.4) is 0 Å². The Bertz CT molecular complexity index is 941. The van der Waals surface area contributed by atoms with Gasteiger partial charge in [-0.25, -0.2) is 9.97 Å². The number of hydrogen-bond donors (Lipinski definition) is 2. The average Bonchev–Trinajstić information content (AvgIpc) is 3.31. The zero-order valence-electron chi connectivity index (χ0n) is 13.6. The number of rotatable bonds is 5. The van der Waals surface area contributed by atoms with Crippen LogP contribution in [0.5, 0.6) is 5.75 Å². The summed E-state index contributed by atoms with van der Waals surface area (Å²) in [5, 5.41) is 9.60. The summed E-state index contributed by atoms with van der Waals surface area (Å²) in [5.74, 6) is 0.258. The van der Waals surface area contributed by atoms with Crippen molar-refractivity contribution in [1.82, 2.24) is 19.5 Å². The van der Waals surface area contributed by atoms with E-state index in [9.17, 15) is 5.11 Å². The summed E-state index contributed by atoms with van der Waals surface area (Å²) in [7, 11) is 0. The van der Waals surface area contributed by atoms with Crippen molar-refractivity contribution < 1.29 is 5.11 Å². The Balaban J connectivity index is 1.76. The average molecular weight is 330 g/mol. The first-order valence-corrected chi connectivity index (χ1v) is 8.18. The Kier molecular flexibility index (Phi) is 4.04. The molecule has 0 atom stereocenters. The molecule has 0 aliphatic carbocycles. The molecule has 0 bridgehead atoms. The highest BCUT2D eigenvalue weighted by atomic mass is 16.3. The number of aromatic hydroxyl groups is 1. The van der Waals surface area contributed by atoms with E-state index in [0.717, 1.165) is 41.2 Å². The molecule has 0 saturated carbocycles. The molecule has 0 aliphatic heterocycles. The van der Waals surface area contributed by atoms with Crippen LogP contribution >= 0.6 is 0 Å². The van der Waals surface area contributed by atoms with Gasteiger partial charge >= 0.3 is 0 Å². The van der Waals surface area contributed by atoms with E-state index in [2.05, 4.69) is 31.7 Å². The molecule has 0 spiro atoms. The first-order valence-electron chi connectivity index (χ1n) is 8.18. The fourth-order valence-electron chi connectivity index (χ4n) is 2.94. The number of nitrogens with one attached hydrogen (secondary N) is 1. The molecule has 2 heterocycles. The van der Waals surface area contributed by atoms with E-state index < -0.39 is 0 Å². The number of phenols is 1. The lowest BCUT2D eigenvalue weighted by Gasteiger charge is -2.10. The van der Waals surface area contributed by atoms with Crippen molar-refractivity contribution in [3.63, 3.8) is 0 Å². The Morgan fingerprint density at radius 3 is 2.48 bits per heavy atom. The van der Waals surface area contributed by atoms with Crippen molar-refractivity contribution in [2.75, 3.05) is 0 Å². The maximum atomic E-state index is 9.60. The molecule has 0 unspecified atom stereocenters. The lowest BCUT2D eigenvalue weighted by Crippen LogP contribution is -2.02. The number of aromatic amines is 1. The fourth-order valence-corrected chi connectivity index (χ4v) is 2.94. The molecule has 0 radical (unpaired) electrons. The monoisotopic (exact) mass is 330 g/mol. The van der Waals surface area contributed by atoms with Crippen LogP contribution in [-0.4, -0.2) is 24.6 Å². The minimum Gasteiger partial charge on any atom is -0.508 e. The molecule has 0 aliphatic rings. The standard InChI is InChI=1S/C20H18N4O/c25-18-8-6-16(7-9-18)20-19(15-4-2-1-3-5-15)23-14-24(20)11-10-17-12-21-13-22-17/h1-9,12-14,25H,10-11H2,(H,21,22). The molecule has 0 saturated heterocycles. The van der Waals surface area contributed by atoms with E-state index in [-0.39, 0.29) is 5.75 Å². The third-order valence-electron chi connectivity index (χ3n) is 4.20. The maximum absolute atomic E-state index is 9.60. The van der Waals surface area contributed by atoms with Gasteiger partial charge in [0, 0.05) is 36.0 Å². The predicted octanol–water partition coefficient (Wildman–Crippen LogP) is 3.89. The number of benzene rings is 2. The van der Waals surface area contributed by atoms with Crippen molar-refractivity contribution in [2.24, 2.45) is 0 Å². The minimum absolute atomic E-state index is 0.258. The fraction of sp³-hybridized carbons (Fsp3) is 0.100. The van der Waals surface area contributed by atoms with Crippen LogP contribution in [0.4, 0.5) is 0 Å². The van der Waals surface area contributed by atoms with Gasteiger partial charge < -0.3 is 14.7 Å². The second kappa shape index (κ2) is 6.65. The SMILES string of the molecule is Oc1ccc(-c2c(-c3ccccc3)ncn2CCc2cnc[nH]2)cc1. The van der Waals surface area contributed by atoms with Gasteiger partial charge in [-0.15, -0.1) is 0 Å². The number of aromatic nitrogens is 4. The van der Waals surface area contributed by atoms with E-state index >= 15 is 0 Å². The summed E-state index contributed by atoms with van der Waals surface area (Å²) < 4.78 is 2.15. The summed E-state index contributed by atoms with van der Waals surface area (Å²) in [6.07, 6.45) is 6.26. The summed E-state index contributed by atoms with van der Waals surface area (Å²) in [6, 6.07) is 17.4. The highest BCUT2D eigenvalue weighted by Gasteiger charge is 2.15. The van der Waals surface area contributed by atoms with Crippen molar-refractivity contribution in [1.29, 1.82) is 0 Å². The zero-order valence-corrected chi connectivity index (χ0v) is 13.6. The lowest BCUT2D eigenvalue weighted by atomic mass is 10.0. The van der Waals surface area contributed by atoms with Gasteiger partial charge in [0.05, 0.1) is 24.0 Å². The molecule has 5 heteroatoms. The van der Waals surface area contributed by atoms with E-state index in [4.69, 9.17) is 0 Å². The van der Waals surface area contributed by atoms with E-state index in [0.29, 0.717) is 0 Å². The second-order valence-electron chi connectivity index (χ2n) is 5.87. The number of nitrogens with zero attached hydrogens (tertiary/aromatic N) is 3. The van der Waals surface area contributed by atoms with Crippen LogP contribution in [0, 0.1) is 0 Å². The normalized spacial score (nSPS) is 10.9. The number of imidazole rings is 2. The molecule has 5 nitrogen and oxygen atoms in total. The second-order valence-corrected chi connectivity index (χ2v) is 5.87. The predicted molar refractivity (Wildman–Crippen MR) is 97.1 cm³/mol. The van der Waals surface area contributed by atoms with Crippen LogP contribution in [-0.2, 0) is 13.0 Å². The van der Waals surface area contributed by atoms with Gasteiger partial charge in [0.15, 0.2) is 0 Å². The van der Waals surface area contributed by atoms with Crippen LogP contribution < -0.4 is 0 Å². The molecule has 4 rings (SSSR count). The topological polar surface area (TPSA) is 66.7 Å². The molecule has 0 fully saturated rings. The van der Waals surface area contributed by atoms with E-state index in [1.165, 1.54) is 0 Å². The molecule has 25 heavy (non-hydrogen) atoms. The number of H-pyrrole nitrogens is 1. The van der Waals surface area contributed by atoms with Crippen molar-refractivity contribution in [2.45, 2.75) is 13.0 Å². The van der Waals surface area contributed by atoms with Gasteiger partial charge in [0.2, 0.25) is 0 Å². The molecule has 0 amide bonds. The summed E-state index contributed by atoms with van der Waals surface area (Å²) >= 11 is 0. The Morgan fingerprint density at radius 2 is 1.76 bits per heavy atom. The van der Waals surface area contributed by atoms with Crippen LogP contribution in [0.1, 0.15) is 5.69 Å². The van der Waals surface area contributed by atoms with E-state index in [1.54, 1.807) is 18.5 Å². The van der Waals surface area contributed by atoms with Crippen molar-refractivity contribution >= 4 is 0 Å². The smallest absolute Gasteiger partial charge is 0.115 e. The summed E-state index contributed by atoms with van der Waals surface area (Å²) in [4.78, 5) is 11.9. The van der Waals surface area contributed by atoms with Crippen LogP contribution in [0.2, 0.25) is 0 Å².